The van der Waals surface area contributed by atoms with Crippen molar-refractivity contribution in [1.29, 1.82) is 0 Å². The van der Waals surface area contributed by atoms with E-state index in [1.54, 1.807) is 49.4 Å². The second kappa shape index (κ2) is 8.62. The highest BCUT2D eigenvalue weighted by molar-refractivity contribution is 7.12. The van der Waals surface area contributed by atoms with Gasteiger partial charge in [-0.05, 0) is 54.3 Å². The predicted molar refractivity (Wildman–Crippen MR) is 110 cm³/mol. The maximum Gasteiger partial charge on any atom is 0.271 e. The molecule has 0 aliphatic carbocycles. The van der Waals surface area contributed by atoms with E-state index in [-0.39, 0.29) is 11.8 Å². The Labute approximate surface area is 165 Å². The van der Waals surface area contributed by atoms with Crippen LogP contribution in [0.15, 0.2) is 71.1 Å². The van der Waals surface area contributed by atoms with Crippen LogP contribution in [0.5, 0.6) is 0 Å². The van der Waals surface area contributed by atoms with E-state index in [1.807, 2.05) is 23.6 Å². The number of halogens is 1. The lowest BCUT2D eigenvalue weighted by Crippen LogP contribution is -2.19. The molecule has 0 saturated heterocycles. The first-order valence-corrected chi connectivity index (χ1v) is 9.34. The third-order valence-electron chi connectivity index (χ3n) is 3.70. The Bertz CT molecular complexity index is 1000. The number of hydrazone groups is 1. The molecule has 136 valence electrons. The minimum absolute atomic E-state index is 0.161. The number of nitrogens with zero attached hydrogens (tertiary/aromatic N) is 1. The van der Waals surface area contributed by atoms with Crippen molar-refractivity contribution in [3.8, 4) is 0 Å². The second-order valence-electron chi connectivity index (χ2n) is 5.66. The number of thiophene rings is 1. The topological polar surface area (TPSA) is 70.6 Å². The number of amides is 2. The molecule has 0 fully saturated rings. The van der Waals surface area contributed by atoms with Crippen LogP contribution in [0, 0.1) is 0 Å². The van der Waals surface area contributed by atoms with E-state index in [1.165, 1.54) is 11.3 Å². The molecule has 1 heterocycles. The molecule has 0 saturated carbocycles. The fourth-order valence-corrected chi connectivity index (χ4v) is 3.13. The molecular weight excluding hydrogens is 382 g/mol. The first kappa shape index (κ1) is 18.8. The fraction of sp³-hybridized carbons (Fsp3) is 0.0500. The highest BCUT2D eigenvalue weighted by Crippen LogP contribution is 2.15. The molecule has 2 N–H and O–H groups in total. The maximum absolute atomic E-state index is 12.2. The molecule has 2 aromatic carbocycles. The summed E-state index contributed by atoms with van der Waals surface area (Å²) in [6.45, 7) is 1.78. The van der Waals surface area contributed by atoms with Crippen molar-refractivity contribution in [2.24, 2.45) is 5.10 Å². The van der Waals surface area contributed by atoms with Crippen molar-refractivity contribution in [3.63, 3.8) is 0 Å². The van der Waals surface area contributed by atoms with E-state index in [2.05, 4.69) is 15.8 Å². The number of nitrogens with one attached hydrogen (secondary N) is 2. The summed E-state index contributed by atoms with van der Waals surface area (Å²) in [6, 6.07) is 17.5. The van der Waals surface area contributed by atoms with Crippen molar-refractivity contribution >= 4 is 46.2 Å². The highest BCUT2D eigenvalue weighted by Gasteiger charge is 2.09. The van der Waals surface area contributed by atoms with Crippen molar-refractivity contribution in [2.75, 3.05) is 5.32 Å². The van der Waals surface area contributed by atoms with Gasteiger partial charge in [0.05, 0.1) is 10.6 Å². The van der Waals surface area contributed by atoms with Gasteiger partial charge < -0.3 is 5.32 Å². The van der Waals surface area contributed by atoms with Gasteiger partial charge in [-0.2, -0.15) is 5.10 Å². The summed E-state index contributed by atoms with van der Waals surface area (Å²) in [5, 5.41) is 9.32. The van der Waals surface area contributed by atoms with Gasteiger partial charge >= 0.3 is 0 Å². The van der Waals surface area contributed by atoms with Crippen LogP contribution >= 0.6 is 22.9 Å². The molecule has 0 aliphatic rings. The van der Waals surface area contributed by atoms with Crippen LogP contribution in [0.2, 0.25) is 5.02 Å². The number of carbonyl (C=O) groups excluding carboxylic acids is 2. The largest absolute Gasteiger partial charge is 0.321 e. The Morgan fingerprint density at radius 2 is 1.74 bits per heavy atom. The van der Waals surface area contributed by atoms with E-state index in [4.69, 9.17) is 11.6 Å². The van der Waals surface area contributed by atoms with E-state index >= 15 is 0 Å². The summed E-state index contributed by atoms with van der Waals surface area (Å²) >= 11 is 7.27. The molecule has 0 radical (unpaired) electrons. The smallest absolute Gasteiger partial charge is 0.271 e. The summed E-state index contributed by atoms with van der Waals surface area (Å²) in [5.74, 6) is -0.509. The Balaban J connectivity index is 1.69. The molecule has 27 heavy (non-hydrogen) atoms. The number of anilines is 1. The standard InChI is InChI=1S/C20H16ClN3O2S/c1-13(23-24-19(25)15-6-2-7-16(21)11-15)14-5-3-8-17(12-14)22-20(26)18-9-4-10-27-18/h2-12H,1H3,(H,22,26)(H,24,25)/b23-13-. The number of hydrogen-bond acceptors (Lipinski definition) is 4. The van der Waals surface area contributed by atoms with Crippen LogP contribution in [0.1, 0.15) is 32.5 Å². The van der Waals surface area contributed by atoms with Crippen LogP contribution < -0.4 is 10.7 Å². The second-order valence-corrected chi connectivity index (χ2v) is 7.04. The molecular formula is C20H16ClN3O2S. The van der Waals surface area contributed by atoms with Crippen LogP contribution in [0.4, 0.5) is 5.69 Å². The van der Waals surface area contributed by atoms with Crippen LogP contribution in [0.3, 0.4) is 0 Å². The van der Waals surface area contributed by atoms with E-state index in [0.29, 0.717) is 26.9 Å². The number of benzene rings is 2. The zero-order chi connectivity index (χ0) is 19.2. The molecule has 0 bridgehead atoms. The molecule has 5 nitrogen and oxygen atoms in total. The minimum atomic E-state index is -0.348. The zero-order valence-electron chi connectivity index (χ0n) is 14.4. The molecule has 0 atom stereocenters. The van der Waals surface area contributed by atoms with Gasteiger partial charge in [-0.25, -0.2) is 5.43 Å². The van der Waals surface area contributed by atoms with Gasteiger partial charge in [-0.3, -0.25) is 9.59 Å². The molecule has 7 heteroatoms. The molecule has 2 amide bonds. The molecule has 0 unspecified atom stereocenters. The lowest BCUT2D eigenvalue weighted by atomic mass is 10.1. The summed E-state index contributed by atoms with van der Waals surface area (Å²) in [7, 11) is 0. The summed E-state index contributed by atoms with van der Waals surface area (Å²) in [4.78, 5) is 24.9. The lowest BCUT2D eigenvalue weighted by Gasteiger charge is -2.07. The van der Waals surface area contributed by atoms with Gasteiger partial charge in [0.2, 0.25) is 0 Å². The van der Waals surface area contributed by atoms with E-state index in [9.17, 15) is 9.59 Å². The first-order valence-electron chi connectivity index (χ1n) is 8.08. The average Bonchev–Trinajstić information content (AvgIpc) is 3.21. The molecule has 0 aliphatic heterocycles. The van der Waals surface area contributed by atoms with Gasteiger partial charge in [-0.15, -0.1) is 11.3 Å². The number of rotatable bonds is 5. The van der Waals surface area contributed by atoms with Crippen molar-refractivity contribution in [3.05, 3.63) is 87.1 Å². The van der Waals surface area contributed by atoms with E-state index in [0.717, 1.165) is 5.56 Å². The fourth-order valence-electron chi connectivity index (χ4n) is 2.32. The van der Waals surface area contributed by atoms with Crippen molar-refractivity contribution < 1.29 is 9.59 Å². The third kappa shape index (κ3) is 5.03. The Kier molecular flexibility index (Phi) is 6.01. The molecule has 0 spiro atoms. The quantitative estimate of drug-likeness (QED) is 0.479. The van der Waals surface area contributed by atoms with Crippen molar-refractivity contribution in [1.82, 2.24) is 5.43 Å². The Morgan fingerprint density at radius 3 is 2.48 bits per heavy atom. The normalized spacial score (nSPS) is 11.1. The van der Waals surface area contributed by atoms with E-state index < -0.39 is 0 Å². The summed E-state index contributed by atoms with van der Waals surface area (Å²) in [5.41, 5.74) is 4.98. The zero-order valence-corrected chi connectivity index (χ0v) is 16.0. The molecule has 3 rings (SSSR count). The first-order chi connectivity index (χ1) is 13.0. The average molecular weight is 398 g/mol. The van der Waals surface area contributed by atoms with Crippen LogP contribution in [0.25, 0.3) is 0 Å². The monoisotopic (exact) mass is 397 g/mol. The third-order valence-corrected chi connectivity index (χ3v) is 4.80. The minimum Gasteiger partial charge on any atom is -0.321 e. The number of hydrogen-bond donors (Lipinski definition) is 2. The maximum atomic E-state index is 12.2. The Morgan fingerprint density at radius 1 is 0.963 bits per heavy atom. The Hall–Kier alpha value is -2.96. The van der Waals surface area contributed by atoms with Crippen LogP contribution in [-0.2, 0) is 0 Å². The van der Waals surface area contributed by atoms with Crippen LogP contribution in [-0.4, -0.2) is 17.5 Å². The van der Waals surface area contributed by atoms with Gasteiger partial charge in [0.15, 0.2) is 0 Å². The lowest BCUT2D eigenvalue weighted by molar-refractivity contribution is 0.0954. The predicted octanol–water partition coefficient (Wildman–Crippen LogP) is 4.81. The highest BCUT2D eigenvalue weighted by atomic mass is 35.5. The number of carbonyl (C=O) groups is 2. The van der Waals surface area contributed by atoms with Gasteiger partial charge in [0.1, 0.15) is 0 Å². The van der Waals surface area contributed by atoms with Gasteiger partial charge in [0, 0.05) is 16.3 Å². The van der Waals surface area contributed by atoms with Gasteiger partial charge in [-0.1, -0.05) is 35.9 Å². The van der Waals surface area contributed by atoms with Crippen molar-refractivity contribution in [2.45, 2.75) is 6.92 Å². The molecule has 3 aromatic rings. The SMILES string of the molecule is C/C(=N/NC(=O)c1cccc(Cl)c1)c1cccc(NC(=O)c2cccs2)c1. The molecule has 1 aromatic heterocycles. The summed E-state index contributed by atoms with van der Waals surface area (Å²) in [6.07, 6.45) is 0. The van der Waals surface area contributed by atoms with Gasteiger partial charge in [0.25, 0.3) is 11.8 Å². The summed E-state index contributed by atoms with van der Waals surface area (Å²) < 4.78 is 0.